The molecule has 1 N–H and O–H groups in total. The van der Waals surface area contributed by atoms with Crippen molar-refractivity contribution < 1.29 is 9.47 Å². The second-order valence-electron chi connectivity index (χ2n) is 3.28. The summed E-state index contributed by atoms with van der Waals surface area (Å²) < 4.78 is 10.1. The van der Waals surface area contributed by atoms with E-state index in [1.807, 2.05) is 12.1 Å². The fourth-order valence-corrected chi connectivity index (χ4v) is 1.57. The molecule has 0 unspecified atom stereocenters. The summed E-state index contributed by atoms with van der Waals surface area (Å²) in [6.07, 6.45) is -0.234. The fourth-order valence-electron chi connectivity index (χ4n) is 1.25. The largest absolute Gasteiger partial charge is 0.355 e. The Morgan fingerprint density at radius 1 is 1.19 bits per heavy atom. The third-order valence-corrected chi connectivity index (χ3v) is 2.89. The van der Waals surface area contributed by atoms with Crippen LogP contribution in [-0.2, 0) is 16.0 Å². The van der Waals surface area contributed by atoms with Gasteiger partial charge in [-0.1, -0.05) is 29.3 Å². The fraction of sp³-hybridized carbons (Fsp3) is 0.455. The molecule has 0 aliphatic carbocycles. The van der Waals surface area contributed by atoms with Crippen molar-refractivity contribution in [1.82, 2.24) is 5.32 Å². The maximum Gasteiger partial charge on any atom is 0.169 e. The minimum Gasteiger partial charge on any atom is -0.355 e. The number of methoxy groups -OCH3 is 2. The van der Waals surface area contributed by atoms with Crippen LogP contribution in [0.25, 0.3) is 0 Å². The maximum absolute atomic E-state index is 5.90. The maximum atomic E-state index is 5.90. The van der Waals surface area contributed by atoms with E-state index in [4.69, 9.17) is 32.7 Å². The smallest absolute Gasteiger partial charge is 0.169 e. The van der Waals surface area contributed by atoms with Crippen LogP contribution in [0.2, 0.25) is 10.0 Å². The molecule has 1 aromatic carbocycles. The highest BCUT2D eigenvalue weighted by atomic mass is 35.5. The molecular formula is C11H15Cl2NO2. The van der Waals surface area contributed by atoms with Crippen LogP contribution in [0.15, 0.2) is 18.2 Å². The Bertz CT molecular complexity index is 330. The highest BCUT2D eigenvalue weighted by Gasteiger charge is 2.04. The molecule has 0 amide bonds. The zero-order valence-electron chi connectivity index (χ0n) is 9.30. The molecule has 0 saturated carbocycles. The summed E-state index contributed by atoms with van der Waals surface area (Å²) in [4.78, 5) is 0. The molecule has 0 fully saturated rings. The van der Waals surface area contributed by atoms with Crippen LogP contribution in [0.4, 0.5) is 0 Å². The van der Waals surface area contributed by atoms with Gasteiger partial charge < -0.3 is 14.8 Å². The van der Waals surface area contributed by atoms with Crippen molar-refractivity contribution in [1.29, 1.82) is 0 Å². The molecular weight excluding hydrogens is 249 g/mol. The second kappa shape index (κ2) is 7.09. The zero-order valence-corrected chi connectivity index (χ0v) is 10.8. The van der Waals surface area contributed by atoms with Crippen LogP contribution in [0.3, 0.4) is 0 Å². The van der Waals surface area contributed by atoms with Gasteiger partial charge in [0.05, 0.1) is 10.0 Å². The summed E-state index contributed by atoms with van der Waals surface area (Å²) >= 11 is 11.7. The van der Waals surface area contributed by atoms with Crippen LogP contribution in [-0.4, -0.2) is 27.1 Å². The molecule has 0 aliphatic heterocycles. The van der Waals surface area contributed by atoms with E-state index in [2.05, 4.69) is 5.32 Å². The molecule has 0 aromatic heterocycles. The molecule has 5 heteroatoms. The van der Waals surface area contributed by atoms with Crippen LogP contribution >= 0.6 is 23.2 Å². The monoisotopic (exact) mass is 263 g/mol. The Morgan fingerprint density at radius 3 is 2.44 bits per heavy atom. The molecule has 0 spiro atoms. The molecule has 0 bridgehead atoms. The number of benzene rings is 1. The van der Waals surface area contributed by atoms with E-state index in [0.29, 0.717) is 23.1 Å². The molecule has 1 aromatic rings. The Balaban J connectivity index is 2.40. The van der Waals surface area contributed by atoms with Gasteiger partial charge >= 0.3 is 0 Å². The average Bonchev–Trinajstić information content (AvgIpc) is 2.29. The van der Waals surface area contributed by atoms with Gasteiger partial charge in [-0.05, 0) is 17.7 Å². The highest BCUT2D eigenvalue weighted by molar-refractivity contribution is 6.42. The van der Waals surface area contributed by atoms with Crippen molar-refractivity contribution in [3.05, 3.63) is 33.8 Å². The first-order valence-corrected chi connectivity index (χ1v) is 5.63. The van der Waals surface area contributed by atoms with E-state index < -0.39 is 0 Å². The quantitative estimate of drug-likeness (QED) is 0.801. The van der Waals surface area contributed by atoms with E-state index in [1.165, 1.54) is 0 Å². The minimum absolute atomic E-state index is 0.234. The third-order valence-electron chi connectivity index (χ3n) is 2.15. The van der Waals surface area contributed by atoms with Gasteiger partial charge in [-0.15, -0.1) is 0 Å². The normalized spacial score (nSPS) is 11.1. The Kier molecular flexibility index (Phi) is 6.09. The first kappa shape index (κ1) is 13.7. The summed E-state index contributed by atoms with van der Waals surface area (Å²) in [7, 11) is 3.21. The van der Waals surface area contributed by atoms with Gasteiger partial charge in [0.2, 0.25) is 0 Å². The lowest BCUT2D eigenvalue weighted by Gasteiger charge is -2.14. The Morgan fingerprint density at radius 2 is 1.88 bits per heavy atom. The van der Waals surface area contributed by atoms with Gasteiger partial charge in [-0.2, -0.15) is 0 Å². The zero-order chi connectivity index (χ0) is 12.0. The predicted octanol–water partition coefficient (Wildman–Crippen LogP) is 2.70. The van der Waals surface area contributed by atoms with Crippen LogP contribution in [0.5, 0.6) is 0 Å². The average molecular weight is 264 g/mol. The van der Waals surface area contributed by atoms with E-state index in [-0.39, 0.29) is 6.29 Å². The van der Waals surface area contributed by atoms with Crippen molar-refractivity contribution in [3.8, 4) is 0 Å². The van der Waals surface area contributed by atoms with Crippen LogP contribution in [0, 0.1) is 0 Å². The lowest BCUT2D eigenvalue weighted by molar-refractivity contribution is -0.0989. The molecule has 0 saturated heterocycles. The summed E-state index contributed by atoms with van der Waals surface area (Å²) in [6, 6.07) is 5.55. The molecule has 0 aliphatic rings. The van der Waals surface area contributed by atoms with Crippen molar-refractivity contribution in [2.45, 2.75) is 12.8 Å². The molecule has 3 nitrogen and oxygen atoms in total. The van der Waals surface area contributed by atoms with Crippen molar-refractivity contribution >= 4 is 23.2 Å². The number of ether oxygens (including phenoxy) is 2. The number of nitrogens with one attached hydrogen (secondary N) is 1. The number of hydrogen-bond donors (Lipinski definition) is 1. The molecule has 90 valence electrons. The lowest BCUT2D eigenvalue weighted by Crippen LogP contribution is -2.29. The number of halogens is 2. The summed E-state index contributed by atoms with van der Waals surface area (Å²) in [5.41, 5.74) is 1.07. The highest BCUT2D eigenvalue weighted by Crippen LogP contribution is 2.22. The standard InChI is InChI=1S/C11H15Cl2NO2/c1-15-11(16-2)7-14-6-8-3-4-9(12)10(13)5-8/h3-5,11,14H,6-7H2,1-2H3. The summed E-state index contributed by atoms with van der Waals surface area (Å²) in [5.74, 6) is 0. The van der Waals surface area contributed by atoms with Gasteiger partial charge in [0.25, 0.3) is 0 Å². The van der Waals surface area contributed by atoms with Crippen LogP contribution < -0.4 is 5.32 Å². The number of rotatable bonds is 6. The Hall–Kier alpha value is -0.320. The Labute approximate surface area is 106 Å². The first-order valence-electron chi connectivity index (χ1n) is 4.87. The van der Waals surface area contributed by atoms with E-state index in [9.17, 15) is 0 Å². The number of hydrogen-bond acceptors (Lipinski definition) is 3. The van der Waals surface area contributed by atoms with Gasteiger partial charge in [0.1, 0.15) is 0 Å². The van der Waals surface area contributed by atoms with Crippen molar-refractivity contribution in [2.24, 2.45) is 0 Å². The van der Waals surface area contributed by atoms with E-state index in [0.717, 1.165) is 5.56 Å². The van der Waals surface area contributed by atoms with Gasteiger partial charge in [-0.3, -0.25) is 0 Å². The second-order valence-corrected chi connectivity index (χ2v) is 4.09. The molecule has 1 rings (SSSR count). The van der Waals surface area contributed by atoms with Crippen molar-refractivity contribution in [3.63, 3.8) is 0 Å². The molecule has 0 atom stereocenters. The third kappa shape index (κ3) is 4.28. The summed E-state index contributed by atoms with van der Waals surface area (Å²) in [5, 5.41) is 4.33. The first-order chi connectivity index (χ1) is 7.67. The molecule has 0 heterocycles. The minimum atomic E-state index is -0.234. The SMILES string of the molecule is COC(CNCc1ccc(Cl)c(Cl)c1)OC. The van der Waals surface area contributed by atoms with Gasteiger partial charge in [0.15, 0.2) is 6.29 Å². The van der Waals surface area contributed by atoms with Crippen molar-refractivity contribution in [2.75, 3.05) is 20.8 Å². The summed E-state index contributed by atoms with van der Waals surface area (Å²) in [6.45, 7) is 1.31. The van der Waals surface area contributed by atoms with Gasteiger partial charge in [-0.25, -0.2) is 0 Å². The topological polar surface area (TPSA) is 30.5 Å². The molecule has 16 heavy (non-hydrogen) atoms. The van der Waals surface area contributed by atoms with E-state index in [1.54, 1.807) is 20.3 Å². The van der Waals surface area contributed by atoms with E-state index >= 15 is 0 Å². The van der Waals surface area contributed by atoms with Gasteiger partial charge in [0, 0.05) is 27.3 Å². The lowest BCUT2D eigenvalue weighted by atomic mass is 10.2. The molecule has 0 radical (unpaired) electrons. The predicted molar refractivity (Wildman–Crippen MR) is 66.0 cm³/mol. The van der Waals surface area contributed by atoms with Crippen LogP contribution in [0.1, 0.15) is 5.56 Å².